The molecule has 0 aromatic carbocycles. The number of furan rings is 2. The number of nitrogens with two attached hydrogens (primary N) is 4. The summed E-state index contributed by atoms with van der Waals surface area (Å²) in [5, 5.41) is 81.5. The van der Waals surface area contributed by atoms with Gasteiger partial charge in [0, 0.05) is 116 Å². The largest absolute Gasteiger partial charge is 0.461 e. The number of ketones is 4. The molecule has 4 saturated carbocycles. The number of hydrogen-bond donors (Lipinski definition) is 12. The van der Waals surface area contributed by atoms with E-state index in [1.807, 2.05) is 6.07 Å². The number of alkyl halides is 2. The van der Waals surface area contributed by atoms with E-state index in [1.54, 1.807) is 31.2 Å². The molecule has 41 nitrogen and oxygen atoms in total. The van der Waals surface area contributed by atoms with Gasteiger partial charge < -0.3 is 55.1 Å². The van der Waals surface area contributed by atoms with Crippen LogP contribution in [0.3, 0.4) is 0 Å². The van der Waals surface area contributed by atoms with Crippen LogP contribution >= 0.6 is 34.3 Å². The molecule has 8 aromatic heterocycles. The van der Waals surface area contributed by atoms with Crippen LogP contribution < -0.4 is 36.5 Å². The summed E-state index contributed by atoms with van der Waals surface area (Å²) in [5.41, 5.74) is 4.62. The lowest BCUT2D eigenvalue weighted by molar-refractivity contribution is -0.0661. The molecule has 0 spiro atoms. The van der Waals surface area contributed by atoms with E-state index in [-0.39, 0.29) is 134 Å². The maximum atomic E-state index is 13.7. The predicted octanol–water partition coefficient (Wildman–Crippen LogP) is 4.92. The maximum Gasteiger partial charge on any atom is 0.333 e. The molecule has 128 heavy (non-hydrogen) atoms. The Balaban J connectivity index is 0.000000166. The zero-order chi connectivity index (χ0) is 92.6. The first kappa shape index (κ1) is 100. The number of anilines is 3. The molecule has 2 unspecified atom stereocenters. The van der Waals surface area contributed by atoms with Crippen molar-refractivity contribution in [3.8, 4) is 0 Å². The van der Waals surface area contributed by atoms with E-state index >= 15 is 0 Å². The molecule has 0 amide bonds. The van der Waals surface area contributed by atoms with Crippen molar-refractivity contribution in [3.05, 3.63) is 168 Å². The van der Waals surface area contributed by atoms with Crippen molar-refractivity contribution < 1.29 is 117 Å². The van der Waals surface area contributed by atoms with Gasteiger partial charge in [-0.25, -0.2) is 69.2 Å². The van der Waals surface area contributed by atoms with Crippen molar-refractivity contribution >= 4 is 116 Å². The number of ether oxygens (including phenoxy) is 1. The van der Waals surface area contributed by atoms with Gasteiger partial charge in [0.25, 0.3) is 5.92 Å². The molecule has 10 heterocycles. The van der Waals surface area contributed by atoms with Gasteiger partial charge in [-0.3, -0.25) is 45.7 Å². The van der Waals surface area contributed by atoms with Crippen molar-refractivity contribution in [3.63, 3.8) is 0 Å². The number of aromatic nitrogens is 8. The highest BCUT2D eigenvalue weighted by molar-refractivity contribution is 7.85. The second-order valence-electron chi connectivity index (χ2n) is 32.5. The van der Waals surface area contributed by atoms with Crippen LogP contribution in [0.25, 0.3) is 0 Å². The normalized spacial score (nSPS) is 24.1. The number of nitrogens with one attached hydrogen (secondary N) is 3. The van der Waals surface area contributed by atoms with Crippen molar-refractivity contribution in [1.82, 2.24) is 49.7 Å². The Bertz CT molecular complexity index is 5610. The molecule has 8 aromatic rings. The molecule has 14 atom stereocenters. The first-order valence-corrected chi connectivity index (χ1v) is 48.5. The Morgan fingerprint density at radius 1 is 0.570 bits per heavy atom. The molecule has 6 fully saturated rings. The number of nitrogens with zero attached hydrogens (tertiary/aromatic N) is 10. The quantitative estimate of drug-likeness (QED) is 0.0234. The fourth-order valence-electron chi connectivity index (χ4n) is 16.2. The number of thiophene rings is 2. The van der Waals surface area contributed by atoms with E-state index in [1.165, 1.54) is 92.7 Å². The van der Waals surface area contributed by atoms with Crippen LogP contribution in [0.15, 0.2) is 101 Å². The topological polar surface area (TPSA) is 628 Å². The maximum absolute atomic E-state index is 13.7. The number of hydrogen-bond acceptors (Lipinski definition) is 39. The van der Waals surface area contributed by atoms with Crippen LogP contribution in [0.4, 0.5) is 26.2 Å². The molecule has 50 heteroatoms. The Morgan fingerprint density at radius 2 is 1.00 bits per heavy atom. The van der Waals surface area contributed by atoms with Crippen LogP contribution in [-0.2, 0) is 88.8 Å². The Hall–Kier alpha value is -8.33. The molecule has 700 valence electrons. The van der Waals surface area contributed by atoms with Gasteiger partial charge in [0.15, 0.2) is 11.5 Å². The van der Waals surface area contributed by atoms with Crippen molar-refractivity contribution in [1.29, 1.82) is 0 Å². The lowest BCUT2D eigenvalue weighted by Crippen LogP contribution is -2.41. The molecular weight excluding hydrogens is 1820 g/mol. The third-order valence-corrected chi connectivity index (χ3v) is 26.5. The molecule has 2 aliphatic heterocycles. The van der Waals surface area contributed by atoms with Crippen LogP contribution in [0.1, 0.15) is 188 Å². The van der Waals surface area contributed by atoms with Crippen LogP contribution in [0.5, 0.6) is 0 Å². The molecule has 0 bridgehead atoms. The van der Waals surface area contributed by atoms with Crippen molar-refractivity contribution in [2.45, 2.75) is 172 Å². The van der Waals surface area contributed by atoms with Crippen LogP contribution in [0.2, 0.25) is 4.34 Å². The number of carbonyl (C=O) groups excluding carboxylic acids is 4. The summed E-state index contributed by atoms with van der Waals surface area (Å²) in [7, 11) is -14.8. The predicted molar refractivity (Wildman–Crippen MR) is 458 cm³/mol. The average molecular weight is 1930 g/mol. The van der Waals surface area contributed by atoms with Gasteiger partial charge in [-0.05, 0) is 144 Å². The highest BCUT2D eigenvalue weighted by atomic mass is 35.5. The van der Waals surface area contributed by atoms with Crippen molar-refractivity contribution in [2.24, 2.45) is 56.1 Å². The number of aliphatic hydroxyl groups is 5. The van der Waals surface area contributed by atoms with Gasteiger partial charge in [-0.15, -0.1) is 22.7 Å². The van der Waals surface area contributed by atoms with Gasteiger partial charge >= 0.3 is 41.2 Å². The summed E-state index contributed by atoms with van der Waals surface area (Å²) in [6, 6.07) is 5.79. The molecule has 6 aliphatic rings. The Labute approximate surface area is 749 Å². The van der Waals surface area contributed by atoms with Gasteiger partial charge in [0.05, 0.1) is 125 Å². The summed E-state index contributed by atoms with van der Waals surface area (Å²) < 4.78 is 150. The average Bonchev–Trinajstić information content (AvgIpc) is 1.65. The smallest absolute Gasteiger partial charge is 0.333 e. The van der Waals surface area contributed by atoms with Gasteiger partial charge in [-0.1, -0.05) is 18.5 Å². The lowest BCUT2D eigenvalue weighted by atomic mass is 9.96. The molecule has 0 radical (unpaired) electrons. The molecule has 14 rings (SSSR count). The summed E-state index contributed by atoms with van der Waals surface area (Å²) in [6.07, 6.45) is 16.2. The monoisotopic (exact) mass is 1930 g/mol. The molecule has 16 N–H and O–H groups in total. The standard InChI is InChI=1S/C23H32N4O5S2.C21H27F2N5O6S.C17H21ClN4O6S2.C17H22N4O7S/c1-15-3-2-4-27(10-15)11-17-8-22(33-13-17)23(29)19-9-25-14-26-20(19)6-16-5-18(21(28)7-16)12-32-34(24,30)31;22-21(23)2-1-3-28(11-21)8-13-4-18(33-9-13)19(30)16-7-25-12-26-20(16)27-15-5-14(17(29)6-15)10-34-35(24,31)32;1-8(23)11-4-14(29-16(11)18)15(25)12-5-20-7-21-17(12)22-10-2-9(13(24)3-10)6-28-30(19,26)27;1-26-6-10-2-15(27-7-10)16(23)13-5-19-9-20-17(13)21-12-3-11(14(22)4-12)8-28-29(18,24)25/h8-9,13-16,18,21,28H,2-7,10-12H2,1H3,(H2,24,30,31);4,7,9,12,14-15,17,29H,1-3,5-6,8,10-11H2,(H2,24,31,32)(H,25,26,27);4-5,7-10,13,23-24H,2-3,6H2,1H3,(H2,19,26,27)(H,20,21,22);2,5,7,9,11-12,14,22H,3-4,6,8H2,1H3,(H2,18,24,25)(H,19,20,21)/t15?,16-,18+,21-;14-,15-,17+;8?,9-,10-,13+;11-,12-,14+/m0111/s1. The third-order valence-electron chi connectivity index (χ3n) is 22.3. The van der Waals surface area contributed by atoms with Gasteiger partial charge in [-0.2, -0.15) is 33.7 Å². The zero-order valence-corrected chi connectivity index (χ0v) is 75.2. The number of carbonyl (C=O) groups is 4. The SMILES string of the molecule is CC(O)c1cc(C(=O)c2cncnc2N[C@@H]2C[C@H](COS(N)(=O)=O)[C@@H](O)C2)sc1Cl.CC1CCCN(Cc2csc(C(=O)c3cncnc3C[C@@H]3C[C@H](COS(N)(=O)=O)[C@@H](O)C3)c2)C1.COCc1coc(C(=O)c2cncnc2N[C@@H]2C[C@H](COS(N)(=O)=O)[C@@H](O)C2)c1.NS(=O)(=O)OC[C@H]1C[C@@H](Nc2ncncc2C(=O)c2cc(CN3CCCC(F)(F)C3)co2)C[C@@H]1O. The van der Waals surface area contributed by atoms with E-state index in [9.17, 15) is 87.2 Å². The summed E-state index contributed by atoms with van der Waals surface area (Å²) in [4.78, 5) is 89.8. The van der Waals surface area contributed by atoms with Crippen LogP contribution in [-0.4, -0.2) is 240 Å². The minimum Gasteiger partial charge on any atom is -0.461 e. The summed E-state index contributed by atoms with van der Waals surface area (Å²) >= 11 is 8.61. The van der Waals surface area contributed by atoms with E-state index in [0.29, 0.717) is 119 Å². The van der Waals surface area contributed by atoms with Crippen LogP contribution in [0, 0.1) is 35.5 Å². The zero-order valence-electron chi connectivity index (χ0n) is 69.6. The van der Waals surface area contributed by atoms with E-state index in [2.05, 4.69) is 89.8 Å². The Morgan fingerprint density at radius 3 is 1.46 bits per heavy atom. The number of piperidine rings is 2. The van der Waals surface area contributed by atoms with Gasteiger partial charge in [0.2, 0.25) is 23.1 Å². The minimum atomic E-state index is -4.12. The summed E-state index contributed by atoms with van der Waals surface area (Å²) in [6.45, 7) is 6.78. The van der Waals surface area contributed by atoms with E-state index < -0.39 is 107 Å². The fraction of sp³-hybridized carbons (Fsp3) is 0.538. The van der Waals surface area contributed by atoms with E-state index in [4.69, 9.17) is 45.7 Å². The number of likely N-dealkylation sites (tertiary alicyclic amines) is 2. The third kappa shape index (κ3) is 29.8. The van der Waals surface area contributed by atoms with Gasteiger partial charge in [0.1, 0.15) is 42.8 Å². The minimum absolute atomic E-state index is 0.0208. The molecular formula is C78H102ClF2N17O24S6. The highest BCUT2D eigenvalue weighted by Gasteiger charge is 2.41. The molecule has 4 aliphatic carbocycles. The van der Waals surface area contributed by atoms with Crippen molar-refractivity contribution in [2.75, 3.05) is 75.7 Å². The fourth-order valence-corrected chi connectivity index (χ4v) is 19.9. The van der Waals surface area contributed by atoms with E-state index in [0.717, 1.165) is 42.1 Å². The lowest BCUT2D eigenvalue weighted by Gasteiger charge is -2.31. The second kappa shape index (κ2) is 44.7. The first-order chi connectivity index (χ1) is 60.5. The number of methoxy groups -OCH3 is 1. The Kier molecular flexibility index (Phi) is 35.0. The first-order valence-electron chi connectivity index (χ1n) is 40.6. The number of rotatable bonds is 35. The second-order valence-corrected chi connectivity index (χ2v) is 40.0. The number of halogens is 3. The highest BCUT2D eigenvalue weighted by Crippen LogP contribution is 2.39. The molecule has 2 saturated heterocycles. The number of aliphatic hydroxyl groups excluding tert-OH is 5. The summed E-state index contributed by atoms with van der Waals surface area (Å²) in [5.74, 6) is -4.03.